The molecule has 2 nitrogen and oxygen atoms in total. The fourth-order valence-corrected chi connectivity index (χ4v) is 1.48. The van der Waals surface area contributed by atoms with Crippen LogP contribution < -0.4 is 0 Å². The van der Waals surface area contributed by atoms with Gasteiger partial charge in [0, 0.05) is 5.56 Å². The molecular weight excluding hydrogens is 156 g/mol. The number of nitrogens with one attached hydrogen (secondary N) is 1. The van der Waals surface area contributed by atoms with Crippen molar-refractivity contribution in [3.63, 3.8) is 0 Å². The van der Waals surface area contributed by atoms with Gasteiger partial charge >= 0.3 is 0 Å². The number of aryl methyl sites for hydroxylation is 1. The first kappa shape index (κ1) is 6.73. The molecule has 0 atom stereocenters. The molecule has 1 N–H and O–H groups in total. The topological polar surface area (TPSA) is 28.7 Å². The van der Waals surface area contributed by atoms with Crippen molar-refractivity contribution >= 4 is 18.3 Å². The minimum Gasteiger partial charge on any atom is -0.337 e. The van der Waals surface area contributed by atoms with E-state index >= 15 is 0 Å². The van der Waals surface area contributed by atoms with Crippen LogP contribution >= 0.6 is 12.2 Å². The van der Waals surface area contributed by atoms with Crippen LogP contribution in [0.1, 0.15) is 17.7 Å². The molecule has 0 saturated heterocycles. The van der Waals surface area contributed by atoms with E-state index < -0.39 is 0 Å². The van der Waals surface area contributed by atoms with Crippen molar-refractivity contribution in [2.24, 2.45) is 0 Å². The van der Waals surface area contributed by atoms with Gasteiger partial charge in [0.15, 0.2) is 0 Å². The number of fused-ring (bicyclic) bond motifs is 1. The summed E-state index contributed by atoms with van der Waals surface area (Å²) in [5, 5.41) is 0. The van der Waals surface area contributed by atoms with Gasteiger partial charge in [-0.25, -0.2) is 4.98 Å². The highest BCUT2D eigenvalue weighted by Gasteiger charge is 2.05. The third-order valence-electron chi connectivity index (χ3n) is 1.80. The highest BCUT2D eigenvalue weighted by molar-refractivity contribution is 7.71. The van der Waals surface area contributed by atoms with Crippen molar-refractivity contribution in [2.45, 2.75) is 12.8 Å². The molecule has 0 bridgehead atoms. The summed E-state index contributed by atoms with van der Waals surface area (Å²) in [4.78, 5) is 7.12. The second-order valence-corrected chi connectivity index (χ2v) is 2.94. The zero-order valence-electron chi connectivity index (χ0n) is 6.00. The summed E-state index contributed by atoms with van der Waals surface area (Å²) in [6, 6.07) is 0. The van der Waals surface area contributed by atoms with Gasteiger partial charge in [0.05, 0.1) is 12.0 Å². The molecule has 1 aliphatic carbocycles. The van der Waals surface area contributed by atoms with Crippen molar-refractivity contribution in [3.8, 4) is 0 Å². The lowest BCUT2D eigenvalue weighted by Crippen LogP contribution is -1.99. The Morgan fingerprint density at radius 1 is 1.55 bits per heavy atom. The van der Waals surface area contributed by atoms with Crippen molar-refractivity contribution in [3.05, 3.63) is 28.3 Å². The van der Waals surface area contributed by atoms with Crippen LogP contribution in [0, 0.1) is 4.64 Å². The average molecular weight is 164 g/mol. The van der Waals surface area contributed by atoms with Crippen molar-refractivity contribution in [2.75, 3.05) is 0 Å². The van der Waals surface area contributed by atoms with E-state index in [0.717, 1.165) is 28.7 Å². The smallest absolute Gasteiger partial charge is 0.113 e. The number of hydrogen-bond acceptors (Lipinski definition) is 2. The Balaban J connectivity index is 2.70. The molecule has 11 heavy (non-hydrogen) atoms. The summed E-state index contributed by atoms with van der Waals surface area (Å²) < 4.78 is 0.797. The minimum absolute atomic E-state index is 0.797. The molecule has 0 aromatic carbocycles. The van der Waals surface area contributed by atoms with E-state index in [9.17, 15) is 0 Å². The molecule has 2 rings (SSSR count). The van der Waals surface area contributed by atoms with Gasteiger partial charge < -0.3 is 4.98 Å². The van der Waals surface area contributed by atoms with Crippen LogP contribution in [0.3, 0.4) is 0 Å². The number of hydrogen-bond donors (Lipinski definition) is 1. The van der Waals surface area contributed by atoms with Crippen LogP contribution in [-0.4, -0.2) is 9.97 Å². The van der Waals surface area contributed by atoms with E-state index in [1.54, 1.807) is 6.33 Å². The molecule has 0 radical (unpaired) electrons. The summed E-state index contributed by atoms with van der Waals surface area (Å²) in [6.45, 7) is 0. The summed E-state index contributed by atoms with van der Waals surface area (Å²) in [5.41, 5.74) is 2.21. The third-order valence-corrected chi connectivity index (χ3v) is 2.14. The largest absolute Gasteiger partial charge is 0.337 e. The predicted octanol–water partition coefficient (Wildman–Crippen LogP) is 2.10. The third kappa shape index (κ3) is 1.12. The molecule has 1 aromatic heterocycles. The average Bonchev–Trinajstić information content (AvgIpc) is 2.06. The van der Waals surface area contributed by atoms with Crippen LogP contribution in [0.5, 0.6) is 0 Å². The van der Waals surface area contributed by atoms with Gasteiger partial charge in [-0.05, 0) is 12.8 Å². The SMILES string of the molecule is S=c1[nH]cnc2c1C=CCC2. The Hall–Kier alpha value is -0.960. The first-order valence-corrected chi connectivity index (χ1v) is 4.02. The number of aromatic amines is 1. The molecule has 3 heteroatoms. The molecule has 0 saturated carbocycles. The monoisotopic (exact) mass is 164 g/mol. The van der Waals surface area contributed by atoms with Crippen LogP contribution in [0.2, 0.25) is 0 Å². The van der Waals surface area contributed by atoms with Crippen LogP contribution in [0.25, 0.3) is 6.08 Å². The van der Waals surface area contributed by atoms with Gasteiger partial charge in [-0.3, -0.25) is 0 Å². The van der Waals surface area contributed by atoms with Gasteiger partial charge in [-0.2, -0.15) is 0 Å². The minimum atomic E-state index is 0.797. The quantitative estimate of drug-likeness (QED) is 0.595. The number of rotatable bonds is 0. The van der Waals surface area contributed by atoms with Gasteiger partial charge in [-0.15, -0.1) is 0 Å². The van der Waals surface area contributed by atoms with Crippen molar-refractivity contribution in [1.29, 1.82) is 0 Å². The normalized spacial score (nSPS) is 14.5. The number of H-pyrrole nitrogens is 1. The molecule has 0 unspecified atom stereocenters. The molecule has 0 aliphatic heterocycles. The summed E-state index contributed by atoms with van der Waals surface area (Å²) in [6.07, 6.45) is 7.95. The highest BCUT2D eigenvalue weighted by atomic mass is 32.1. The zero-order chi connectivity index (χ0) is 7.68. The summed E-state index contributed by atoms with van der Waals surface area (Å²) in [7, 11) is 0. The van der Waals surface area contributed by atoms with E-state index in [2.05, 4.69) is 16.0 Å². The van der Waals surface area contributed by atoms with Gasteiger partial charge in [0.1, 0.15) is 4.64 Å². The van der Waals surface area contributed by atoms with E-state index in [4.69, 9.17) is 12.2 Å². The lowest BCUT2D eigenvalue weighted by molar-refractivity contribution is 0.904. The maximum Gasteiger partial charge on any atom is 0.113 e. The van der Waals surface area contributed by atoms with E-state index in [1.165, 1.54) is 0 Å². The Labute approximate surface area is 70.0 Å². The Bertz CT molecular complexity index is 351. The molecule has 1 heterocycles. The summed E-state index contributed by atoms with van der Waals surface area (Å²) >= 11 is 5.09. The number of aromatic nitrogens is 2. The fourth-order valence-electron chi connectivity index (χ4n) is 1.24. The van der Waals surface area contributed by atoms with Crippen LogP contribution in [0.15, 0.2) is 12.4 Å². The second kappa shape index (κ2) is 2.58. The molecule has 0 fully saturated rings. The first-order chi connectivity index (χ1) is 5.38. The zero-order valence-corrected chi connectivity index (χ0v) is 6.82. The fraction of sp³-hybridized carbons (Fsp3) is 0.250. The summed E-state index contributed by atoms with van der Waals surface area (Å²) in [5.74, 6) is 0. The van der Waals surface area contributed by atoms with Crippen molar-refractivity contribution < 1.29 is 0 Å². The Morgan fingerprint density at radius 2 is 2.45 bits per heavy atom. The van der Waals surface area contributed by atoms with E-state index in [1.807, 2.05) is 6.08 Å². The Kier molecular flexibility index (Phi) is 1.58. The lowest BCUT2D eigenvalue weighted by atomic mass is 10.1. The van der Waals surface area contributed by atoms with E-state index in [-0.39, 0.29) is 0 Å². The van der Waals surface area contributed by atoms with Gasteiger partial charge in [0.25, 0.3) is 0 Å². The van der Waals surface area contributed by atoms with Crippen molar-refractivity contribution in [1.82, 2.24) is 9.97 Å². The Morgan fingerprint density at radius 3 is 3.27 bits per heavy atom. The second-order valence-electron chi connectivity index (χ2n) is 2.53. The maximum atomic E-state index is 5.09. The van der Waals surface area contributed by atoms with Gasteiger partial charge in [0.2, 0.25) is 0 Å². The maximum absolute atomic E-state index is 5.09. The highest BCUT2D eigenvalue weighted by Crippen LogP contribution is 2.15. The predicted molar refractivity (Wildman–Crippen MR) is 46.8 cm³/mol. The number of allylic oxidation sites excluding steroid dienone is 1. The van der Waals surface area contributed by atoms with Crippen LogP contribution in [0.4, 0.5) is 0 Å². The molecule has 0 spiro atoms. The van der Waals surface area contributed by atoms with Gasteiger partial charge in [-0.1, -0.05) is 24.4 Å². The molecule has 56 valence electrons. The number of nitrogens with zero attached hydrogens (tertiary/aromatic N) is 1. The standard InChI is InChI=1S/C8H8N2S/c11-8-6-3-1-2-4-7(6)9-5-10-8/h1,3,5H,2,4H2,(H,9,10,11). The first-order valence-electron chi connectivity index (χ1n) is 3.61. The molecular formula is C8H8N2S. The molecule has 0 amide bonds. The van der Waals surface area contributed by atoms with E-state index in [0.29, 0.717) is 0 Å². The lowest BCUT2D eigenvalue weighted by Gasteiger charge is -2.07. The molecule has 1 aromatic rings. The molecule has 1 aliphatic rings. The van der Waals surface area contributed by atoms with Crippen LogP contribution in [-0.2, 0) is 6.42 Å².